The molecule has 0 fully saturated rings. The van der Waals surface area contributed by atoms with Gasteiger partial charge in [0.25, 0.3) is 0 Å². The Morgan fingerprint density at radius 2 is 2.24 bits per heavy atom. The zero-order chi connectivity index (χ0) is 12.7. The number of nitrogens with one attached hydrogen (secondary N) is 1. The molecule has 1 aromatic heterocycles. The predicted molar refractivity (Wildman–Crippen MR) is 69.7 cm³/mol. The van der Waals surface area contributed by atoms with Crippen LogP contribution in [0, 0.1) is 5.92 Å². The SMILES string of the molecule is CCn1ncnc1CN(C)CCNCC(C)C. The van der Waals surface area contributed by atoms with Crippen molar-refractivity contribution in [2.24, 2.45) is 5.92 Å². The molecule has 1 heterocycles. The summed E-state index contributed by atoms with van der Waals surface area (Å²) in [5.74, 6) is 1.75. The fourth-order valence-corrected chi connectivity index (χ4v) is 1.66. The molecule has 0 aliphatic rings. The van der Waals surface area contributed by atoms with Gasteiger partial charge < -0.3 is 5.32 Å². The summed E-state index contributed by atoms with van der Waals surface area (Å²) < 4.78 is 1.94. The lowest BCUT2D eigenvalue weighted by Crippen LogP contribution is -2.31. The molecule has 0 saturated heterocycles. The summed E-state index contributed by atoms with van der Waals surface area (Å²) in [6, 6.07) is 0. The molecule has 0 spiro atoms. The van der Waals surface area contributed by atoms with E-state index in [1.54, 1.807) is 6.33 Å². The van der Waals surface area contributed by atoms with E-state index in [2.05, 4.69) is 48.1 Å². The zero-order valence-electron chi connectivity index (χ0n) is 11.5. The molecule has 5 nitrogen and oxygen atoms in total. The highest BCUT2D eigenvalue weighted by molar-refractivity contribution is 4.83. The molecule has 5 heteroatoms. The summed E-state index contributed by atoms with van der Waals surface area (Å²) in [6.45, 7) is 11.4. The highest BCUT2D eigenvalue weighted by atomic mass is 15.3. The maximum atomic E-state index is 4.27. The quantitative estimate of drug-likeness (QED) is 0.687. The van der Waals surface area contributed by atoms with Gasteiger partial charge in [-0.2, -0.15) is 5.10 Å². The average molecular weight is 239 g/mol. The minimum atomic E-state index is 0.712. The van der Waals surface area contributed by atoms with Gasteiger partial charge in [-0.25, -0.2) is 9.67 Å². The monoisotopic (exact) mass is 239 g/mol. The Hall–Kier alpha value is -0.940. The molecule has 1 rings (SSSR count). The normalized spacial score (nSPS) is 11.6. The van der Waals surface area contributed by atoms with E-state index in [0.29, 0.717) is 5.92 Å². The Bertz CT molecular complexity index is 308. The highest BCUT2D eigenvalue weighted by Gasteiger charge is 2.06. The molecule has 0 bridgehead atoms. The van der Waals surface area contributed by atoms with Crippen LogP contribution in [0.4, 0.5) is 0 Å². The van der Waals surface area contributed by atoms with Gasteiger partial charge in [0.05, 0.1) is 6.54 Å². The van der Waals surface area contributed by atoms with E-state index in [1.807, 2.05) is 4.68 Å². The molecule has 0 amide bonds. The molecule has 0 aliphatic carbocycles. The molecular weight excluding hydrogens is 214 g/mol. The molecule has 0 saturated carbocycles. The van der Waals surface area contributed by atoms with Gasteiger partial charge in [0.15, 0.2) is 0 Å². The Kier molecular flexibility index (Phi) is 6.15. The third kappa shape index (κ3) is 5.28. The molecular formula is C12H25N5. The smallest absolute Gasteiger partial charge is 0.140 e. The van der Waals surface area contributed by atoms with E-state index >= 15 is 0 Å². The lowest BCUT2D eigenvalue weighted by molar-refractivity contribution is 0.307. The molecule has 0 unspecified atom stereocenters. The number of aromatic nitrogens is 3. The van der Waals surface area contributed by atoms with Crippen LogP contribution in [0.15, 0.2) is 6.33 Å². The van der Waals surface area contributed by atoms with Crippen LogP contribution in [0.3, 0.4) is 0 Å². The van der Waals surface area contributed by atoms with Crippen molar-refractivity contribution >= 4 is 0 Å². The molecule has 0 radical (unpaired) electrons. The molecule has 98 valence electrons. The number of aryl methyl sites for hydroxylation is 1. The zero-order valence-corrected chi connectivity index (χ0v) is 11.5. The molecule has 0 aliphatic heterocycles. The van der Waals surface area contributed by atoms with Gasteiger partial charge in [0.2, 0.25) is 0 Å². The largest absolute Gasteiger partial charge is 0.315 e. The van der Waals surface area contributed by atoms with Crippen molar-refractivity contribution in [3.05, 3.63) is 12.2 Å². The van der Waals surface area contributed by atoms with Crippen molar-refractivity contribution in [3.63, 3.8) is 0 Å². The van der Waals surface area contributed by atoms with Gasteiger partial charge in [-0.05, 0) is 26.4 Å². The summed E-state index contributed by atoms with van der Waals surface area (Å²) in [5.41, 5.74) is 0. The van der Waals surface area contributed by atoms with E-state index in [-0.39, 0.29) is 0 Å². The summed E-state index contributed by atoms with van der Waals surface area (Å²) in [6.07, 6.45) is 1.63. The van der Waals surface area contributed by atoms with Crippen LogP contribution in [0.5, 0.6) is 0 Å². The topological polar surface area (TPSA) is 46.0 Å². The van der Waals surface area contributed by atoms with Gasteiger partial charge in [0, 0.05) is 19.6 Å². The van der Waals surface area contributed by atoms with Crippen LogP contribution in [0.1, 0.15) is 26.6 Å². The van der Waals surface area contributed by atoms with E-state index in [9.17, 15) is 0 Å². The van der Waals surface area contributed by atoms with Crippen molar-refractivity contribution in [2.75, 3.05) is 26.7 Å². The number of rotatable bonds is 8. The molecule has 0 aromatic carbocycles. The van der Waals surface area contributed by atoms with Gasteiger partial charge >= 0.3 is 0 Å². The van der Waals surface area contributed by atoms with Crippen molar-refractivity contribution in [2.45, 2.75) is 33.9 Å². The summed E-state index contributed by atoms with van der Waals surface area (Å²) >= 11 is 0. The van der Waals surface area contributed by atoms with E-state index in [0.717, 1.165) is 38.5 Å². The van der Waals surface area contributed by atoms with Crippen LogP contribution in [-0.4, -0.2) is 46.3 Å². The second kappa shape index (κ2) is 7.40. The first-order chi connectivity index (χ1) is 8.13. The minimum Gasteiger partial charge on any atom is -0.315 e. The van der Waals surface area contributed by atoms with E-state index < -0.39 is 0 Å². The third-order valence-electron chi connectivity index (χ3n) is 2.63. The molecule has 17 heavy (non-hydrogen) atoms. The lowest BCUT2D eigenvalue weighted by atomic mass is 10.2. The first-order valence-corrected chi connectivity index (χ1v) is 6.39. The highest BCUT2D eigenvalue weighted by Crippen LogP contribution is 1.98. The fraction of sp³-hybridized carbons (Fsp3) is 0.833. The van der Waals surface area contributed by atoms with Crippen molar-refractivity contribution < 1.29 is 0 Å². The standard InChI is InChI=1S/C12H25N5/c1-5-17-12(14-10-15-17)9-16(4)7-6-13-8-11(2)3/h10-11,13H,5-9H2,1-4H3. The van der Waals surface area contributed by atoms with Gasteiger partial charge in [-0.1, -0.05) is 13.8 Å². The predicted octanol–water partition coefficient (Wildman–Crippen LogP) is 0.975. The molecule has 0 atom stereocenters. The summed E-state index contributed by atoms with van der Waals surface area (Å²) in [4.78, 5) is 6.54. The first-order valence-electron chi connectivity index (χ1n) is 6.39. The minimum absolute atomic E-state index is 0.712. The Labute approximate surface area is 104 Å². The van der Waals surface area contributed by atoms with Gasteiger partial charge in [-0.3, -0.25) is 4.90 Å². The second-order valence-corrected chi connectivity index (χ2v) is 4.83. The van der Waals surface area contributed by atoms with Crippen LogP contribution < -0.4 is 5.32 Å². The lowest BCUT2D eigenvalue weighted by Gasteiger charge is -2.17. The van der Waals surface area contributed by atoms with Gasteiger partial charge in [-0.15, -0.1) is 0 Å². The summed E-state index contributed by atoms with van der Waals surface area (Å²) in [7, 11) is 2.12. The van der Waals surface area contributed by atoms with Crippen LogP contribution >= 0.6 is 0 Å². The van der Waals surface area contributed by atoms with E-state index in [1.165, 1.54) is 0 Å². The van der Waals surface area contributed by atoms with Crippen LogP contribution in [-0.2, 0) is 13.1 Å². The summed E-state index contributed by atoms with van der Waals surface area (Å²) in [5, 5.41) is 7.61. The second-order valence-electron chi connectivity index (χ2n) is 4.83. The third-order valence-corrected chi connectivity index (χ3v) is 2.63. The maximum absolute atomic E-state index is 4.27. The number of hydrogen-bond acceptors (Lipinski definition) is 4. The maximum Gasteiger partial charge on any atom is 0.140 e. The average Bonchev–Trinajstić information content (AvgIpc) is 2.71. The fourth-order valence-electron chi connectivity index (χ4n) is 1.66. The van der Waals surface area contributed by atoms with E-state index in [4.69, 9.17) is 0 Å². The van der Waals surface area contributed by atoms with Crippen molar-refractivity contribution in [1.29, 1.82) is 0 Å². The number of hydrogen-bond donors (Lipinski definition) is 1. The number of nitrogens with zero attached hydrogens (tertiary/aromatic N) is 4. The molecule has 1 aromatic rings. The van der Waals surface area contributed by atoms with Crippen LogP contribution in [0.25, 0.3) is 0 Å². The Morgan fingerprint density at radius 1 is 1.47 bits per heavy atom. The number of likely N-dealkylation sites (N-methyl/N-ethyl adjacent to an activating group) is 1. The van der Waals surface area contributed by atoms with Crippen molar-refractivity contribution in [3.8, 4) is 0 Å². The van der Waals surface area contributed by atoms with Crippen molar-refractivity contribution in [1.82, 2.24) is 25.0 Å². The van der Waals surface area contributed by atoms with Gasteiger partial charge in [0.1, 0.15) is 12.2 Å². The Morgan fingerprint density at radius 3 is 2.88 bits per heavy atom. The van der Waals surface area contributed by atoms with Crippen LogP contribution in [0.2, 0.25) is 0 Å². The Balaban J connectivity index is 2.23. The molecule has 1 N–H and O–H groups in total. The first kappa shape index (κ1) is 14.1.